The van der Waals surface area contributed by atoms with Gasteiger partial charge in [0.2, 0.25) is 5.95 Å². The quantitative estimate of drug-likeness (QED) is 0.308. The number of imidazole rings is 1. The van der Waals surface area contributed by atoms with Crippen molar-refractivity contribution in [2.45, 2.75) is 6.42 Å². The molecule has 0 fully saturated rings. The summed E-state index contributed by atoms with van der Waals surface area (Å²) in [5.74, 6) is 1.08. The summed E-state index contributed by atoms with van der Waals surface area (Å²) in [6, 6.07) is 0. The number of nitrogens with zero attached hydrogens (tertiary/aromatic N) is 4. The third-order valence-electron chi connectivity index (χ3n) is 1.97. The van der Waals surface area contributed by atoms with Gasteiger partial charge in [0.25, 0.3) is 0 Å². The van der Waals surface area contributed by atoms with Crippen LogP contribution in [0.15, 0.2) is 17.5 Å². The summed E-state index contributed by atoms with van der Waals surface area (Å²) >= 11 is 0. The summed E-state index contributed by atoms with van der Waals surface area (Å²) < 4.78 is 1.91. The fraction of sp³-hybridized carbons (Fsp3) is 0.500. The van der Waals surface area contributed by atoms with Crippen molar-refractivity contribution in [1.29, 1.82) is 0 Å². The maximum absolute atomic E-state index is 8.36. The molecule has 0 saturated heterocycles. The first-order valence-electron chi connectivity index (χ1n) is 4.30. The fourth-order valence-electron chi connectivity index (χ4n) is 1.16. The third kappa shape index (κ3) is 2.38. The van der Waals surface area contributed by atoms with Crippen LogP contribution in [0.25, 0.3) is 0 Å². The van der Waals surface area contributed by atoms with E-state index in [2.05, 4.69) is 10.1 Å². The largest absolute Gasteiger partial charge is 0.409 e. The molecule has 0 aromatic carbocycles. The molecule has 14 heavy (non-hydrogen) atoms. The summed E-state index contributed by atoms with van der Waals surface area (Å²) in [5.41, 5.74) is 5.36. The zero-order valence-corrected chi connectivity index (χ0v) is 8.38. The van der Waals surface area contributed by atoms with Crippen LogP contribution < -0.4 is 10.6 Å². The Morgan fingerprint density at radius 3 is 3.00 bits per heavy atom. The second kappa shape index (κ2) is 4.50. The maximum Gasteiger partial charge on any atom is 0.204 e. The maximum atomic E-state index is 8.36. The standard InChI is InChI=1S/C8H15N5O/c1-12(5-3-7(9)11-14)8-10-4-6-13(8)2/h4,6,14H,3,5H2,1-2H3,(H2,9,11). The monoisotopic (exact) mass is 197 g/mol. The molecule has 1 heterocycles. The SMILES string of the molecule is CN(CCC(N)=NO)c1nccn1C. The third-order valence-corrected chi connectivity index (χ3v) is 1.97. The van der Waals surface area contributed by atoms with Crippen LogP contribution in [-0.2, 0) is 7.05 Å². The van der Waals surface area contributed by atoms with Gasteiger partial charge in [0.05, 0.1) is 0 Å². The molecule has 1 aromatic heterocycles. The van der Waals surface area contributed by atoms with E-state index in [1.807, 2.05) is 29.8 Å². The van der Waals surface area contributed by atoms with Gasteiger partial charge in [0, 0.05) is 39.5 Å². The van der Waals surface area contributed by atoms with Crippen molar-refractivity contribution >= 4 is 11.8 Å². The van der Waals surface area contributed by atoms with Gasteiger partial charge in [-0.25, -0.2) is 4.98 Å². The highest BCUT2D eigenvalue weighted by atomic mass is 16.4. The number of hydrogen-bond acceptors (Lipinski definition) is 4. The Morgan fingerprint density at radius 2 is 2.50 bits per heavy atom. The molecule has 0 radical (unpaired) electrons. The molecule has 1 rings (SSSR count). The van der Waals surface area contributed by atoms with E-state index in [0.29, 0.717) is 13.0 Å². The van der Waals surface area contributed by atoms with Crippen LogP contribution in [0.2, 0.25) is 0 Å². The topological polar surface area (TPSA) is 79.7 Å². The van der Waals surface area contributed by atoms with Crippen molar-refractivity contribution in [3.05, 3.63) is 12.4 Å². The minimum Gasteiger partial charge on any atom is -0.409 e. The number of aromatic nitrogens is 2. The molecule has 6 nitrogen and oxygen atoms in total. The van der Waals surface area contributed by atoms with Crippen molar-refractivity contribution in [3.8, 4) is 0 Å². The smallest absolute Gasteiger partial charge is 0.204 e. The van der Waals surface area contributed by atoms with E-state index in [1.165, 1.54) is 0 Å². The van der Waals surface area contributed by atoms with Crippen LogP contribution in [0.5, 0.6) is 0 Å². The first kappa shape index (κ1) is 10.4. The number of anilines is 1. The van der Waals surface area contributed by atoms with Crippen molar-refractivity contribution in [2.24, 2.45) is 17.9 Å². The lowest BCUT2D eigenvalue weighted by Crippen LogP contribution is -2.26. The van der Waals surface area contributed by atoms with Gasteiger partial charge in [-0.2, -0.15) is 0 Å². The van der Waals surface area contributed by atoms with Crippen molar-refractivity contribution in [2.75, 3.05) is 18.5 Å². The average Bonchev–Trinajstić information content (AvgIpc) is 2.60. The molecular formula is C8H15N5O. The first-order chi connectivity index (χ1) is 6.65. The minimum absolute atomic E-state index is 0.228. The van der Waals surface area contributed by atoms with Crippen LogP contribution in [0.1, 0.15) is 6.42 Å². The zero-order valence-electron chi connectivity index (χ0n) is 8.38. The van der Waals surface area contributed by atoms with Gasteiger partial charge < -0.3 is 20.4 Å². The number of aryl methyl sites for hydroxylation is 1. The van der Waals surface area contributed by atoms with Crippen LogP contribution in [0.4, 0.5) is 5.95 Å². The molecule has 0 saturated carbocycles. The number of oxime groups is 1. The Kier molecular flexibility index (Phi) is 3.33. The Hall–Kier alpha value is -1.72. The summed E-state index contributed by atoms with van der Waals surface area (Å²) in [5, 5.41) is 11.3. The molecule has 6 heteroatoms. The number of amidine groups is 1. The van der Waals surface area contributed by atoms with Gasteiger partial charge in [-0.3, -0.25) is 0 Å². The molecule has 0 amide bonds. The van der Waals surface area contributed by atoms with Crippen LogP contribution in [0.3, 0.4) is 0 Å². The van der Waals surface area contributed by atoms with Gasteiger partial charge in [0.15, 0.2) is 0 Å². The zero-order chi connectivity index (χ0) is 10.6. The highest BCUT2D eigenvalue weighted by molar-refractivity contribution is 5.80. The highest BCUT2D eigenvalue weighted by Gasteiger charge is 2.05. The Labute approximate surface area is 82.6 Å². The van der Waals surface area contributed by atoms with Crippen molar-refractivity contribution in [1.82, 2.24) is 9.55 Å². The molecule has 0 aliphatic rings. The van der Waals surface area contributed by atoms with Gasteiger partial charge in [-0.1, -0.05) is 5.16 Å². The highest BCUT2D eigenvalue weighted by Crippen LogP contribution is 2.07. The lowest BCUT2D eigenvalue weighted by molar-refractivity contribution is 0.317. The second-order valence-electron chi connectivity index (χ2n) is 3.10. The molecule has 0 aliphatic heterocycles. The first-order valence-corrected chi connectivity index (χ1v) is 4.30. The van der Waals surface area contributed by atoms with Gasteiger partial charge >= 0.3 is 0 Å². The molecule has 78 valence electrons. The van der Waals surface area contributed by atoms with E-state index in [4.69, 9.17) is 10.9 Å². The number of rotatable bonds is 4. The van der Waals surface area contributed by atoms with E-state index in [9.17, 15) is 0 Å². The predicted molar refractivity (Wildman–Crippen MR) is 54.5 cm³/mol. The molecule has 1 aromatic rings. The number of hydrogen-bond donors (Lipinski definition) is 2. The van der Waals surface area contributed by atoms with Crippen LogP contribution >= 0.6 is 0 Å². The lowest BCUT2D eigenvalue weighted by Gasteiger charge is -2.17. The van der Waals surface area contributed by atoms with Gasteiger partial charge in [-0.05, 0) is 0 Å². The summed E-state index contributed by atoms with van der Waals surface area (Å²) in [7, 11) is 3.83. The summed E-state index contributed by atoms with van der Waals surface area (Å²) in [4.78, 5) is 6.11. The Morgan fingerprint density at radius 1 is 1.79 bits per heavy atom. The van der Waals surface area contributed by atoms with E-state index in [1.54, 1.807) is 6.20 Å². The van der Waals surface area contributed by atoms with E-state index >= 15 is 0 Å². The Bertz CT molecular complexity index is 319. The fourth-order valence-corrected chi connectivity index (χ4v) is 1.16. The molecule has 3 N–H and O–H groups in total. The summed E-state index contributed by atoms with van der Waals surface area (Å²) in [6.07, 6.45) is 4.12. The lowest BCUT2D eigenvalue weighted by atomic mass is 10.4. The van der Waals surface area contributed by atoms with E-state index in [0.717, 1.165) is 5.95 Å². The summed E-state index contributed by atoms with van der Waals surface area (Å²) in [6.45, 7) is 0.667. The van der Waals surface area contributed by atoms with Crippen molar-refractivity contribution in [3.63, 3.8) is 0 Å². The Balaban J connectivity index is 2.51. The number of nitrogens with two attached hydrogens (primary N) is 1. The minimum atomic E-state index is 0.228. The predicted octanol–water partition coefficient (Wildman–Crippen LogP) is -0.00720. The molecule has 0 aliphatic carbocycles. The van der Waals surface area contributed by atoms with Gasteiger partial charge in [-0.15, -0.1) is 0 Å². The molecule has 0 unspecified atom stereocenters. The van der Waals surface area contributed by atoms with Crippen LogP contribution in [0, 0.1) is 0 Å². The molecule has 0 atom stereocenters. The molecule has 0 spiro atoms. The van der Waals surface area contributed by atoms with Gasteiger partial charge in [0.1, 0.15) is 5.84 Å². The molecular weight excluding hydrogens is 182 g/mol. The van der Waals surface area contributed by atoms with Crippen LogP contribution in [-0.4, -0.2) is 34.2 Å². The average molecular weight is 197 g/mol. The normalized spacial score (nSPS) is 11.7. The van der Waals surface area contributed by atoms with E-state index in [-0.39, 0.29) is 5.84 Å². The van der Waals surface area contributed by atoms with E-state index < -0.39 is 0 Å². The van der Waals surface area contributed by atoms with Crippen molar-refractivity contribution < 1.29 is 5.21 Å². The second-order valence-corrected chi connectivity index (χ2v) is 3.10. The molecule has 0 bridgehead atoms.